The van der Waals surface area contributed by atoms with Crippen LogP contribution in [0, 0.1) is 6.92 Å². The van der Waals surface area contributed by atoms with E-state index >= 15 is 0 Å². The van der Waals surface area contributed by atoms with Crippen molar-refractivity contribution in [2.45, 2.75) is 70.7 Å². The van der Waals surface area contributed by atoms with Crippen LogP contribution < -0.4 is 26.0 Å². The van der Waals surface area contributed by atoms with Gasteiger partial charge in [-0.25, -0.2) is 0 Å². The molecule has 3 rings (SSSR count). The van der Waals surface area contributed by atoms with E-state index < -0.39 is 42.2 Å². The van der Waals surface area contributed by atoms with Crippen LogP contribution in [0.5, 0.6) is 5.75 Å². The number of amides is 3. The fraction of sp³-hybridized carbons (Fsp3) is 0.448. The lowest BCUT2D eigenvalue weighted by Gasteiger charge is -2.24. The summed E-state index contributed by atoms with van der Waals surface area (Å²) in [6, 6.07) is 13.1. The molecule has 0 aliphatic carbocycles. The number of carbonyl (C=O) groups is 4. The Morgan fingerprint density at radius 3 is 2.49 bits per heavy atom. The number of benzene rings is 2. The van der Waals surface area contributed by atoms with Crippen molar-refractivity contribution in [1.29, 1.82) is 0 Å². The predicted octanol–water partition coefficient (Wildman–Crippen LogP) is 1.84. The minimum absolute atomic E-state index is 0.101. The Balaban J connectivity index is 1.69. The van der Waals surface area contributed by atoms with Gasteiger partial charge in [0.25, 0.3) is 0 Å². The maximum atomic E-state index is 13.3. The van der Waals surface area contributed by atoms with Crippen molar-refractivity contribution in [2.75, 3.05) is 13.1 Å². The number of hydrogen-bond acceptors (Lipinski definition) is 6. The Bertz CT molecular complexity index is 1120. The number of nitrogens with one attached hydrogen (secondary N) is 4. The van der Waals surface area contributed by atoms with Crippen LogP contribution in [0.4, 0.5) is 0 Å². The van der Waals surface area contributed by atoms with Gasteiger partial charge in [-0.2, -0.15) is 0 Å². The normalized spacial score (nSPS) is 16.4. The van der Waals surface area contributed by atoms with Gasteiger partial charge >= 0.3 is 5.97 Å². The molecule has 1 heterocycles. The molecule has 1 aliphatic heterocycles. The van der Waals surface area contributed by atoms with Gasteiger partial charge in [0.15, 0.2) is 0 Å². The van der Waals surface area contributed by atoms with Crippen molar-refractivity contribution in [2.24, 2.45) is 0 Å². The van der Waals surface area contributed by atoms with E-state index in [-0.39, 0.29) is 19.1 Å². The molecule has 0 spiro atoms. The molecule has 0 aromatic heterocycles. The second kappa shape index (κ2) is 14.9. The average molecular weight is 539 g/mol. The number of ether oxygens (including phenoxy) is 1. The summed E-state index contributed by atoms with van der Waals surface area (Å²) in [6.07, 6.45) is 2.35. The third-order valence-electron chi connectivity index (χ3n) is 6.60. The van der Waals surface area contributed by atoms with Gasteiger partial charge in [-0.3, -0.25) is 19.2 Å². The summed E-state index contributed by atoms with van der Waals surface area (Å²) < 4.78 is 6.12. The van der Waals surface area contributed by atoms with Crippen molar-refractivity contribution in [3.63, 3.8) is 0 Å². The molecular formula is C29H38N4O6. The minimum Gasteiger partial charge on any atom is -0.489 e. The first kappa shape index (κ1) is 29.6. The Morgan fingerprint density at radius 2 is 1.82 bits per heavy atom. The number of rotatable bonds is 13. The molecule has 0 radical (unpaired) electrons. The van der Waals surface area contributed by atoms with E-state index in [9.17, 15) is 24.3 Å². The molecule has 1 saturated heterocycles. The maximum Gasteiger partial charge on any atom is 0.305 e. The average Bonchev–Trinajstić information content (AvgIpc) is 2.91. The van der Waals surface area contributed by atoms with Gasteiger partial charge in [-0.15, -0.1) is 0 Å². The number of carbonyl (C=O) groups excluding carboxylic acids is 3. The molecule has 3 amide bonds. The zero-order chi connectivity index (χ0) is 28.2. The van der Waals surface area contributed by atoms with Crippen LogP contribution in [0.3, 0.4) is 0 Å². The van der Waals surface area contributed by atoms with E-state index in [1.165, 1.54) is 6.92 Å². The lowest BCUT2D eigenvalue weighted by molar-refractivity contribution is -0.140. The van der Waals surface area contributed by atoms with E-state index in [2.05, 4.69) is 21.3 Å². The summed E-state index contributed by atoms with van der Waals surface area (Å²) in [4.78, 5) is 49.0. The molecule has 3 atom stereocenters. The summed E-state index contributed by atoms with van der Waals surface area (Å²) in [6.45, 7) is 5.17. The van der Waals surface area contributed by atoms with Crippen LogP contribution in [0.15, 0.2) is 48.5 Å². The second-order valence-electron chi connectivity index (χ2n) is 9.83. The summed E-state index contributed by atoms with van der Waals surface area (Å²) >= 11 is 0. The van der Waals surface area contributed by atoms with Gasteiger partial charge in [0.2, 0.25) is 17.7 Å². The van der Waals surface area contributed by atoms with E-state index in [1.807, 2.05) is 55.5 Å². The third-order valence-corrected chi connectivity index (χ3v) is 6.60. The Labute approximate surface area is 228 Å². The molecule has 2 aromatic rings. The van der Waals surface area contributed by atoms with Gasteiger partial charge in [0.05, 0.1) is 6.42 Å². The molecule has 5 N–H and O–H groups in total. The van der Waals surface area contributed by atoms with E-state index in [0.29, 0.717) is 6.42 Å². The lowest BCUT2D eigenvalue weighted by Crippen LogP contribution is -2.54. The zero-order valence-corrected chi connectivity index (χ0v) is 22.5. The molecule has 39 heavy (non-hydrogen) atoms. The number of aryl methyl sites for hydroxylation is 2. The van der Waals surface area contributed by atoms with Crippen LogP contribution >= 0.6 is 0 Å². The minimum atomic E-state index is -1.29. The van der Waals surface area contributed by atoms with Gasteiger partial charge in [0.1, 0.15) is 23.9 Å². The van der Waals surface area contributed by atoms with E-state index in [4.69, 9.17) is 4.74 Å². The summed E-state index contributed by atoms with van der Waals surface area (Å²) in [5.41, 5.74) is 2.87. The predicted molar refractivity (Wildman–Crippen MR) is 146 cm³/mol. The van der Waals surface area contributed by atoms with Crippen LogP contribution in [0.1, 0.15) is 49.3 Å². The first-order valence-corrected chi connectivity index (χ1v) is 13.3. The van der Waals surface area contributed by atoms with Crippen molar-refractivity contribution in [1.82, 2.24) is 21.3 Å². The maximum absolute atomic E-state index is 13.3. The van der Waals surface area contributed by atoms with Crippen molar-refractivity contribution >= 4 is 23.7 Å². The number of piperidine rings is 1. The number of aliphatic carboxylic acids is 1. The Hall–Kier alpha value is -3.92. The van der Waals surface area contributed by atoms with Gasteiger partial charge in [-0.05, 0) is 68.0 Å². The molecular weight excluding hydrogens is 500 g/mol. The fourth-order valence-corrected chi connectivity index (χ4v) is 4.46. The van der Waals surface area contributed by atoms with Gasteiger partial charge in [0, 0.05) is 20.0 Å². The molecule has 10 heteroatoms. The molecule has 0 bridgehead atoms. The molecule has 1 aliphatic rings. The Morgan fingerprint density at radius 1 is 1.05 bits per heavy atom. The largest absolute Gasteiger partial charge is 0.489 e. The SMILES string of the molecule is CC(=O)N[C@@H](CC(=O)O)C(=O)N[C@@H](CCc1ccccc1)C(=O)NCc1cc(OC2CCCNC2)ccc1C. The summed E-state index contributed by atoms with van der Waals surface area (Å²) in [7, 11) is 0. The summed E-state index contributed by atoms with van der Waals surface area (Å²) in [5.74, 6) is -2.18. The number of hydrogen-bond donors (Lipinski definition) is 5. The zero-order valence-electron chi connectivity index (χ0n) is 22.5. The highest BCUT2D eigenvalue weighted by Crippen LogP contribution is 2.20. The molecule has 210 valence electrons. The Kier molecular flexibility index (Phi) is 11.3. The molecule has 1 unspecified atom stereocenters. The molecule has 10 nitrogen and oxygen atoms in total. The van der Waals surface area contributed by atoms with E-state index in [0.717, 1.165) is 48.4 Å². The molecule has 2 aromatic carbocycles. The molecule has 1 fully saturated rings. The fourth-order valence-electron chi connectivity index (χ4n) is 4.46. The van der Waals surface area contributed by atoms with Gasteiger partial charge < -0.3 is 31.1 Å². The van der Waals surface area contributed by atoms with Crippen molar-refractivity contribution < 1.29 is 29.0 Å². The summed E-state index contributed by atoms with van der Waals surface area (Å²) in [5, 5.41) is 20.4. The van der Waals surface area contributed by atoms with Crippen LogP contribution in [0.2, 0.25) is 0 Å². The highest BCUT2D eigenvalue weighted by Gasteiger charge is 2.28. The third kappa shape index (κ3) is 10.0. The second-order valence-corrected chi connectivity index (χ2v) is 9.83. The quantitative estimate of drug-likeness (QED) is 0.262. The standard InChI is InChI=1S/C29H38N4O6/c1-19-10-12-23(39-24-9-6-14-30-18-24)15-22(19)17-31-28(37)25(13-11-21-7-4-3-5-8-21)33-29(38)26(16-27(35)36)32-20(2)34/h3-5,7-8,10,12,15,24-26,30H,6,9,11,13-14,16-18H2,1-2H3,(H,31,37)(H,32,34)(H,33,38)(H,35,36)/t24?,25-,26-/m0/s1. The highest BCUT2D eigenvalue weighted by atomic mass is 16.5. The monoisotopic (exact) mass is 538 g/mol. The number of carboxylic acid groups (broad SMARTS) is 1. The molecule has 0 saturated carbocycles. The van der Waals surface area contributed by atoms with Gasteiger partial charge in [-0.1, -0.05) is 36.4 Å². The van der Waals surface area contributed by atoms with E-state index in [1.54, 1.807) is 0 Å². The topological polar surface area (TPSA) is 146 Å². The van der Waals surface area contributed by atoms with Crippen LogP contribution in [-0.4, -0.2) is 60.1 Å². The first-order chi connectivity index (χ1) is 18.7. The van der Waals surface area contributed by atoms with Crippen LogP contribution in [-0.2, 0) is 32.1 Å². The van der Waals surface area contributed by atoms with Crippen molar-refractivity contribution in [3.05, 3.63) is 65.2 Å². The van der Waals surface area contributed by atoms with Crippen molar-refractivity contribution in [3.8, 4) is 5.75 Å². The highest BCUT2D eigenvalue weighted by molar-refractivity contribution is 5.93. The first-order valence-electron chi connectivity index (χ1n) is 13.3. The number of carboxylic acids is 1. The van der Waals surface area contributed by atoms with Crippen LogP contribution in [0.25, 0.3) is 0 Å². The lowest BCUT2D eigenvalue weighted by atomic mass is 10.0. The smallest absolute Gasteiger partial charge is 0.305 e.